The summed E-state index contributed by atoms with van der Waals surface area (Å²) in [5.41, 5.74) is 11.6. The monoisotopic (exact) mass is 1760 g/mol. The Morgan fingerprint density at radius 1 is 0.460 bits per heavy atom. The second-order valence-corrected chi connectivity index (χ2v) is 31.1. The van der Waals surface area contributed by atoms with Crippen molar-refractivity contribution in [3.05, 3.63) is 190 Å². The van der Waals surface area contributed by atoms with Crippen LogP contribution >= 0.6 is 85.5 Å². The van der Waals surface area contributed by atoms with Gasteiger partial charge in [-0.1, -0.05) is 242 Å². The van der Waals surface area contributed by atoms with Crippen molar-refractivity contribution in [3.63, 3.8) is 0 Å². The van der Waals surface area contributed by atoms with Crippen molar-refractivity contribution >= 4 is 121 Å². The van der Waals surface area contributed by atoms with Crippen LogP contribution in [-0.2, 0) is 147 Å². The van der Waals surface area contributed by atoms with Gasteiger partial charge in [0, 0.05) is 44.2 Å². The summed E-state index contributed by atoms with van der Waals surface area (Å²) in [6.45, 7) is 0.710. The number of benzene rings is 5. The molecule has 4 fully saturated rings. The van der Waals surface area contributed by atoms with E-state index >= 15 is 4.79 Å². The fraction of sp³-hybridized carbons (Fsp3) is 0.520. The summed E-state index contributed by atoms with van der Waals surface area (Å²) < 4.78 is 110. The lowest BCUT2D eigenvalue weighted by molar-refractivity contribution is -0.379. The lowest BCUT2D eigenvalue weighted by atomic mass is 9.93. The number of carbonyl (C=O) groups excluding carboxylic acids is 6. The molecule has 0 aromatic heterocycles. The quantitative estimate of drug-likeness (QED) is 0.00417. The molecule has 4 saturated heterocycles. The molecule has 4 N–H and O–H groups in total. The predicted molar refractivity (Wildman–Crippen MR) is 406 cm³/mol. The summed E-state index contributed by atoms with van der Waals surface area (Å²) in [6, 6.07) is 40.3. The van der Waals surface area contributed by atoms with Crippen LogP contribution in [0.15, 0.2) is 157 Å². The first-order valence-corrected chi connectivity index (χ1v) is 39.0. The minimum Gasteiger partial charge on any atom is -0.463 e. The average molecular weight is 1770 g/mol. The molecule has 0 saturated carbocycles. The molecule has 4 aliphatic rings. The van der Waals surface area contributed by atoms with Crippen molar-refractivity contribution in [1.29, 1.82) is 0 Å². The molecular weight excluding hydrogens is 1680 g/mol. The Hall–Kier alpha value is -6.19. The van der Waals surface area contributed by atoms with Gasteiger partial charge >= 0.3 is 23.9 Å². The van der Waals surface area contributed by atoms with Crippen molar-refractivity contribution < 1.29 is 124 Å². The number of rotatable bonds is 39. The fourth-order valence-corrected chi connectivity index (χ4v) is 13.2. The summed E-state index contributed by atoms with van der Waals surface area (Å²) in [5, 5.41) is 34.0. The molecule has 0 unspecified atom stereocenters. The first-order valence-electron chi connectivity index (χ1n) is 35.6. The second kappa shape index (κ2) is 45.5. The maximum atomic E-state index is 15.9. The maximum Gasteiger partial charge on any atom is 0.338 e. The molecule has 4 heterocycles. The molecule has 20 atom stereocenters. The molecule has 4 aliphatic heterocycles. The Labute approximate surface area is 689 Å². The number of aliphatic hydroxyl groups is 2. The van der Waals surface area contributed by atoms with Gasteiger partial charge in [0.2, 0.25) is 0 Å². The van der Waals surface area contributed by atoms with Crippen LogP contribution in [0.25, 0.3) is 10.4 Å². The number of azide groups is 1. The summed E-state index contributed by atoms with van der Waals surface area (Å²) in [4.78, 5) is 85.7. The number of ether oxygens (including phenoxy) is 18. The topological polar surface area (TPSA) is 382 Å². The van der Waals surface area contributed by atoms with Crippen LogP contribution in [0.3, 0.4) is 0 Å². The van der Waals surface area contributed by atoms with Crippen LogP contribution in [0.5, 0.6) is 0 Å². The van der Waals surface area contributed by atoms with Gasteiger partial charge in [-0.15, -0.1) is 0 Å². The second-order valence-electron chi connectivity index (χ2n) is 25.9. The molecule has 0 bridgehead atoms. The Morgan fingerprint density at radius 2 is 0.929 bits per heavy atom. The Kier molecular flexibility index (Phi) is 36.5. The number of esters is 4. The molecule has 31 nitrogen and oxygen atoms in total. The largest absolute Gasteiger partial charge is 0.463 e. The smallest absolute Gasteiger partial charge is 0.338 e. The Morgan fingerprint density at radius 3 is 1.45 bits per heavy atom. The predicted octanol–water partition coefficient (Wildman–Crippen LogP) is 8.72. The summed E-state index contributed by atoms with van der Waals surface area (Å²) >= 11 is 41.9. The van der Waals surface area contributed by atoms with E-state index in [1.165, 1.54) is 0 Å². The van der Waals surface area contributed by atoms with E-state index in [-0.39, 0.29) is 58.1 Å². The van der Waals surface area contributed by atoms with Gasteiger partial charge in [-0.2, -0.15) is 0 Å². The van der Waals surface area contributed by atoms with Gasteiger partial charge in [0.25, 0.3) is 19.4 Å². The number of carbonyl (C=O) groups is 6. The van der Waals surface area contributed by atoms with E-state index in [0.29, 0.717) is 34.2 Å². The van der Waals surface area contributed by atoms with E-state index in [9.17, 15) is 34.2 Å². The van der Waals surface area contributed by atoms with Gasteiger partial charge in [-0.05, 0) is 39.8 Å². The lowest BCUT2D eigenvalue weighted by Crippen LogP contribution is -2.71. The highest BCUT2D eigenvalue weighted by atomic mass is 79.9. The summed E-state index contributed by atoms with van der Waals surface area (Å²) in [7, 11) is 0. The molecular formula is C75H86BrCl6N5O26. The standard InChI is InChI=1S/C75H86BrCl6N5O26/c1-43(88)99-41-53-59(105-44(2)89)62(106-45(3)90)57(92)70(109-53)110-60-54(85-72(94)74(77,78)79)69(108-52(56(60)91)40-98-35-46-20-9-4-10-21-46)112-64-63(101-37-48-24-13-6-14-25-48)66(102-38-49-26-15-7-16-27-49)71(113-65(64)67(93)103-39-50-28-17-8-18-29-50)111-61-55(86-73(95)75(80,81)82)68(104-42-97-32-19-31-96-33-30-84-87-83)107-51(34-76)58(61)100-36-47-22-11-5-12-23-47/h4-18,20-29,51-66,68-71,91-92H,19,30-42H2,1-3H3,(H,85,94)(H,86,95)/t51-,52-,53-,54-,55-,56-,57-,58-,59+,60-,61-,62-,63+,64-,65+,66-,68-,69+,70+,71+/m1/s1. The normalized spacial score (nSPS) is 27.9. The first kappa shape index (κ1) is 90.7. The van der Waals surface area contributed by atoms with E-state index in [0.717, 1.165) is 20.8 Å². The molecule has 2 amide bonds. The minimum atomic E-state index is -2.84. The number of alkyl halides is 7. The highest BCUT2D eigenvalue weighted by molar-refractivity contribution is 9.09. The van der Waals surface area contributed by atoms with Gasteiger partial charge in [0.1, 0.15) is 93.1 Å². The zero-order valence-corrected chi connectivity index (χ0v) is 67.2. The first-order chi connectivity index (χ1) is 54.3. The van der Waals surface area contributed by atoms with Crippen molar-refractivity contribution in [3.8, 4) is 0 Å². The maximum absolute atomic E-state index is 15.9. The lowest BCUT2D eigenvalue weighted by Gasteiger charge is -2.52. The van der Waals surface area contributed by atoms with Crippen LogP contribution < -0.4 is 10.6 Å². The molecule has 0 aliphatic carbocycles. The summed E-state index contributed by atoms with van der Waals surface area (Å²) in [5.74, 6) is -6.54. The van der Waals surface area contributed by atoms with E-state index in [2.05, 4.69) is 36.6 Å². The fourth-order valence-electron chi connectivity index (χ4n) is 12.4. The molecule has 5 aromatic carbocycles. The highest BCUT2D eigenvalue weighted by Crippen LogP contribution is 2.41. The number of nitrogens with one attached hydrogen (secondary N) is 2. The van der Waals surface area contributed by atoms with Crippen LogP contribution in [-0.4, -0.2) is 228 Å². The number of halogens is 7. The van der Waals surface area contributed by atoms with E-state index in [4.69, 9.17) is 160 Å². The molecule has 113 heavy (non-hydrogen) atoms. The van der Waals surface area contributed by atoms with Crippen LogP contribution in [0, 0.1) is 0 Å². The number of aliphatic hydroxyl groups excluding tert-OH is 2. The van der Waals surface area contributed by atoms with Gasteiger partial charge in [0.05, 0.1) is 52.4 Å². The summed E-state index contributed by atoms with van der Waals surface area (Å²) in [6.07, 6.45) is -32.0. The van der Waals surface area contributed by atoms with E-state index < -0.39 is 193 Å². The van der Waals surface area contributed by atoms with Crippen LogP contribution in [0.4, 0.5) is 0 Å². The highest BCUT2D eigenvalue weighted by Gasteiger charge is 2.61. The van der Waals surface area contributed by atoms with E-state index in [1.54, 1.807) is 146 Å². The Balaban J connectivity index is 1.22. The number of hydrogen-bond donors (Lipinski definition) is 4. The van der Waals surface area contributed by atoms with Crippen molar-refractivity contribution in [2.24, 2.45) is 5.11 Å². The minimum absolute atomic E-state index is 0.00467. The third kappa shape index (κ3) is 27.7. The van der Waals surface area contributed by atoms with Crippen molar-refractivity contribution in [2.45, 2.75) is 191 Å². The number of hydrogen-bond acceptors (Lipinski definition) is 27. The molecule has 0 radical (unpaired) electrons. The SMILES string of the molecule is CC(=O)OC[C@H]1O[C@@H](O[C@H]2[C@H](O)[C@@H](COCc3ccccc3)O[C@@H](O[C@@H]3[C@H](OCc4ccccc4)[C@@H](OCc4ccccc4)[C@@H](O[C@@H]4[C@@H](NC(=O)C(Cl)(Cl)Cl)[C@H](OCOCCCOCCN=[N+]=[N-])O[C@H](CBr)[C@H]4OCc4ccccc4)O[C@@H]3C(=O)OCc3ccccc3)[C@@H]2NC(=O)C(Cl)(Cl)Cl)[C@H](O)[C@@H](OC(C)=O)[C@H]1OC(C)=O. The van der Waals surface area contributed by atoms with Crippen LogP contribution in [0.1, 0.15) is 55.0 Å². The van der Waals surface area contributed by atoms with Gasteiger partial charge in [-0.25, -0.2) is 4.79 Å². The van der Waals surface area contributed by atoms with Gasteiger partial charge in [0.15, 0.2) is 43.5 Å². The molecule has 616 valence electrons. The third-order valence-corrected chi connectivity index (χ3v) is 19.3. The zero-order valence-electron chi connectivity index (χ0n) is 61.1. The molecule has 5 aromatic rings. The Bertz CT molecular complexity index is 3820. The number of amides is 2. The van der Waals surface area contributed by atoms with Gasteiger partial charge in [-0.3, -0.25) is 24.0 Å². The molecule has 0 spiro atoms. The van der Waals surface area contributed by atoms with Crippen molar-refractivity contribution in [1.82, 2.24) is 10.6 Å². The zero-order chi connectivity index (χ0) is 81.0. The van der Waals surface area contributed by atoms with Crippen LogP contribution in [0.2, 0.25) is 0 Å². The average Bonchev–Trinajstić information content (AvgIpc) is 0.758. The van der Waals surface area contributed by atoms with Crippen molar-refractivity contribution in [2.75, 3.05) is 51.7 Å². The number of nitrogens with zero attached hydrogens (tertiary/aromatic N) is 3. The van der Waals surface area contributed by atoms with E-state index in [1.807, 2.05) is 6.07 Å². The molecule has 9 rings (SSSR count). The molecule has 38 heteroatoms. The van der Waals surface area contributed by atoms with Gasteiger partial charge < -0.3 is 106 Å². The third-order valence-electron chi connectivity index (χ3n) is 17.6.